The first-order valence-electron chi connectivity index (χ1n) is 5.81. The minimum absolute atomic E-state index is 0.0445. The Bertz CT molecular complexity index is 684. The largest absolute Gasteiger partial charge is 0.497 e. The van der Waals surface area contributed by atoms with E-state index >= 15 is 0 Å². The number of hydrogen-bond donors (Lipinski definition) is 2. The molecule has 21 heavy (non-hydrogen) atoms. The second kappa shape index (κ2) is 6.01. The van der Waals surface area contributed by atoms with Crippen LogP contribution in [0, 0.1) is 17.5 Å². The average molecular weight is 312 g/mol. The zero-order valence-corrected chi connectivity index (χ0v) is 11.7. The van der Waals surface area contributed by atoms with Gasteiger partial charge in [-0.05, 0) is 12.1 Å². The summed E-state index contributed by atoms with van der Waals surface area (Å²) in [5.74, 6) is -2.69. The van der Waals surface area contributed by atoms with Crippen LogP contribution in [0.4, 0.5) is 24.5 Å². The van der Waals surface area contributed by atoms with Crippen LogP contribution in [-0.4, -0.2) is 12.1 Å². The number of nitrogens with one attached hydrogen (secondary N) is 1. The van der Waals surface area contributed by atoms with Crippen LogP contribution in [0.25, 0.3) is 0 Å². The fourth-order valence-corrected chi connectivity index (χ4v) is 1.94. The predicted octanol–water partition coefficient (Wildman–Crippen LogP) is 3.49. The van der Waals surface area contributed by atoms with Crippen molar-refractivity contribution in [2.45, 2.75) is 0 Å². The first kappa shape index (κ1) is 15.1. The van der Waals surface area contributed by atoms with Gasteiger partial charge in [-0.25, -0.2) is 13.2 Å². The zero-order chi connectivity index (χ0) is 15.6. The molecule has 2 aromatic carbocycles. The summed E-state index contributed by atoms with van der Waals surface area (Å²) in [6.07, 6.45) is 0. The zero-order valence-electron chi connectivity index (χ0n) is 10.9. The molecule has 2 rings (SSSR count). The van der Waals surface area contributed by atoms with Gasteiger partial charge >= 0.3 is 0 Å². The molecule has 0 heterocycles. The van der Waals surface area contributed by atoms with Crippen molar-refractivity contribution in [1.82, 2.24) is 0 Å². The highest BCUT2D eigenvalue weighted by Crippen LogP contribution is 2.29. The molecule has 0 spiro atoms. The Morgan fingerprint density at radius 3 is 2.29 bits per heavy atom. The van der Waals surface area contributed by atoms with Crippen LogP contribution in [0.2, 0.25) is 0 Å². The molecule has 0 amide bonds. The summed E-state index contributed by atoms with van der Waals surface area (Å²) in [5.41, 5.74) is 5.70. The van der Waals surface area contributed by atoms with Gasteiger partial charge in [0, 0.05) is 23.8 Å². The fourth-order valence-electron chi connectivity index (χ4n) is 1.76. The van der Waals surface area contributed by atoms with Crippen molar-refractivity contribution in [1.29, 1.82) is 0 Å². The van der Waals surface area contributed by atoms with E-state index in [1.54, 1.807) is 12.1 Å². The van der Waals surface area contributed by atoms with Gasteiger partial charge in [0.2, 0.25) is 0 Å². The lowest BCUT2D eigenvalue weighted by Gasteiger charge is -2.14. The van der Waals surface area contributed by atoms with Crippen LogP contribution in [0.5, 0.6) is 5.75 Å². The number of ether oxygens (including phenoxy) is 1. The second-order valence-corrected chi connectivity index (χ2v) is 4.59. The van der Waals surface area contributed by atoms with E-state index in [0.29, 0.717) is 23.4 Å². The number of halogens is 3. The maximum atomic E-state index is 13.7. The molecule has 0 aliphatic rings. The number of rotatable bonds is 4. The van der Waals surface area contributed by atoms with E-state index in [4.69, 9.17) is 22.7 Å². The molecule has 0 atom stereocenters. The molecule has 7 heteroatoms. The normalized spacial score (nSPS) is 10.3. The number of nitrogens with two attached hydrogens (primary N) is 1. The first-order valence-corrected chi connectivity index (χ1v) is 6.22. The van der Waals surface area contributed by atoms with Gasteiger partial charge in [-0.15, -0.1) is 0 Å². The maximum absolute atomic E-state index is 13.7. The van der Waals surface area contributed by atoms with Gasteiger partial charge in [0.25, 0.3) is 0 Å². The lowest BCUT2D eigenvalue weighted by atomic mass is 10.1. The molecular weight excluding hydrogens is 301 g/mol. The standard InChI is InChI=1S/C14H11F3N2OS/c1-20-8-2-3-9(14(18)21)12(6-8)19-13-10(16)4-7(15)5-11(13)17/h2-6,19H,1H3,(H2,18,21). The smallest absolute Gasteiger partial charge is 0.152 e. The van der Waals surface area contributed by atoms with Crippen LogP contribution in [0.15, 0.2) is 30.3 Å². The second-order valence-electron chi connectivity index (χ2n) is 4.15. The summed E-state index contributed by atoms with van der Waals surface area (Å²) >= 11 is 4.88. The van der Waals surface area contributed by atoms with Crippen molar-refractivity contribution < 1.29 is 17.9 Å². The molecule has 0 aliphatic heterocycles. The highest BCUT2D eigenvalue weighted by atomic mass is 32.1. The molecule has 3 N–H and O–H groups in total. The Morgan fingerprint density at radius 2 is 1.76 bits per heavy atom. The lowest BCUT2D eigenvalue weighted by Crippen LogP contribution is -2.12. The van der Waals surface area contributed by atoms with Gasteiger partial charge in [0.1, 0.15) is 22.2 Å². The van der Waals surface area contributed by atoms with Crippen molar-refractivity contribution in [3.63, 3.8) is 0 Å². The number of methoxy groups -OCH3 is 1. The maximum Gasteiger partial charge on any atom is 0.152 e. The summed E-state index contributed by atoms with van der Waals surface area (Å²) in [5, 5.41) is 2.53. The third-order valence-corrected chi connectivity index (χ3v) is 2.98. The van der Waals surface area contributed by atoms with Crippen LogP contribution in [0.1, 0.15) is 5.56 Å². The Morgan fingerprint density at radius 1 is 1.14 bits per heavy atom. The van der Waals surface area contributed by atoms with Crippen LogP contribution in [-0.2, 0) is 0 Å². The summed E-state index contributed by atoms with van der Waals surface area (Å²) in [4.78, 5) is 0.0445. The minimum atomic E-state index is -1.07. The first-order chi connectivity index (χ1) is 9.92. The third kappa shape index (κ3) is 3.25. The number of benzene rings is 2. The average Bonchev–Trinajstić information content (AvgIpc) is 2.42. The number of hydrogen-bond acceptors (Lipinski definition) is 3. The van der Waals surface area contributed by atoms with Crippen molar-refractivity contribution in [2.75, 3.05) is 12.4 Å². The molecule has 0 unspecified atom stereocenters. The molecule has 0 saturated heterocycles. The van der Waals surface area contributed by atoms with E-state index < -0.39 is 23.1 Å². The molecule has 2 aromatic rings. The molecule has 0 aromatic heterocycles. The summed E-state index contributed by atoms with van der Waals surface area (Å²) in [7, 11) is 1.44. The number of thiocarbonyl (C=S) groups is 1. The Labute approximate surface area is 124 Å². The highest BCUT2D eigenvalue weighted by molar-refractivity contribution is 7.80. The molecule has 0 radical (unpaired) electrons. The Kier molecular flexibility index (Phi) is 4.32. The lowest BCUT2D eigenvalue weighted by molar-refractivity contribution is 0.415. The van der Waals surface area contributed by atoms with Gasteiger partial charge in [0.05, 0.1) is 12.8 Å². The topological polar surface area (TPSA) is 47.3 Å². The minimum Gasteiger partial charge on any atom is -0.497 e. The number of anilines is 2. The molecule has 0 saturated carbocycles. The Balaban J connectivity index is 2.50. The van der Waals surface area contributed by atoms with E-state index in [9.17, 15) is 13.2 Å². The molecule has 110 valence electrons. The van der Waals surface area contributed by atoms with Crippen molar-refractivity contribution >= 4 is 28.6 Å². The quantitative estimate of drug-likeness (QED) is 0.849. The van der Waals surface area contributed by atoms with Gasteiger partial charge in [0.15, 0.2) is 11.6 Å². The predicted molar refractivity (Wildman–Crippen MR) is 78.5 cm³/mol. The van der Waals surface area contributed by atoms with Crippen LogP contribution < -0.4 is 15.8 Å². The molecular formula is C14H11F3N2OS. The van der Waals surface area contributed by atoms with Crippen molar-refractivity contribution in [2.24, 2.45) is 5.73 Å². The van der Waals surface area contributed by atoms with E-state index in [1.807, 2.05) is 0 Å². The van der Waals surface area contributed by atoms with Crippen LogP contribution in [0.3, 0.4) is 0 Å². The summed E-state index contributed by atoms with van der Waals surface area (Å²) in [6, 6.07) is 5.80. The van der Waals surface area contributed by atoms with Gasteiger partial charge in [-0.1, -0.05) is 12.2 Å². The van der Waals surface area contributed by atoms with E-state index in [2.05, 4.69) is 5.32 Å². The molecule has 0 fully saturated rings. The van der Waals surface area contributed by atoms with Gasteiger partial charge in [-0.3, -0.25) is 0 Å². The Hall–Kier alpha value is -2.28. The van der Waals surface area contributed by atoms with Crippen molar-refractivity contribution in [3.8, 4) is 5.75 Å². The molecule has 0 aliphatic carbocycles. The molecule has 0 bridgehead atoms. The van der Waals surface area contributed by atoms with Crippen LogP contribution >= 0.6 is 12.2 Å². The van der Waals surface area contributed by atoms with Crippen molar-refractivity contribution in [3.05, 3.63) is 53.3 Å². The van der Waals surface area contributed by atoms with Gasteiger partial charge in [-0.2, -0.15) is 0 Å². The van der Waals surface area contributed by atoms with E-state index in [1.165, 1.54) is 13.2 Å². The fraction of sp³-hybridized carbons (Fsp3) is 0.0714. The van der Waals surface area contributed by atoms with E-state index in [-0.39, 0.29) is 10.7 Å². The summed E-state index contributed by atoms with van der Waals surface area (Å²) in [6.45, 7) is 0. The monoisotopic (exact) mass is 312 g/mol. The SMILES string of the molecule is COc1ccc(C(N)=S)c(Nc2c(F)cc(F)cc2F)c1. The third-order valence-electron chi connectivity index (χ3n) is 2.76. The highest BCUT2D eigenvalue weighted by Gasteiger charge is 2.14. The van der Waals surface area contributed by atoms with Gasteiger partial charge < -0.3 is 15.8 Å². The molecule has 3 nitrogen and oxygen atoms in total. The van der Waals surface area contributed by atoms with E-state index in [0.717, 1.165) is 0 Å². The summed E-state index contributed by atoms with van der Waals surface area (Å²) < 4.78 is 45.3.